The number of hydrogen-bond acceptors (Lipinski definition) is 4. The van der Waals surface area contributed by atoms with Crippen LogP contribution >= 0.6 is 0 Å². The van der Waals surface area contributed by atoms with Gasteiger partial charge in [0.2, 0.25) is 11.8 Å². The fraction of sp³-hybridized carbons (Fsp3) is 0.462. The first-order valence-electron chi connectivity index (χ1n) is 6.28. The number of carbonyl (C=O) groups is 2. The summed E-state index contributed by atoms with van der Waals surface area (Å²) in [5.41, 5.74) is 0.657. The van der Waals surface area contributed by atoms with E-state index in [-0.39, 0.29) is 18.4 Å². The third kappa shape index (κ3) is 3.21. The molecular formula is C13H18N4O2. The van der Waals surface area contributed by atoms with Crippen molar-refractivity contribution >= 4 is 23.3 Å². The van der Waals surface area contributed by atoms with Crippen molar-refractivity contribution in [1.82, 2.24) is 9.88 Å². The van der Waals surface area contributed by atoms with Crippen molar-refractivity contribution in [3.63, 3.8) is 0 Å². The van der Waals surface area contributed by atoms with Crippen molar-refractivity contribution in [3.05, 3.63) is 18.3 Å². The smallest absolute Gasteiger partial charge is 0.244 e. The second-order valence-corrected chi connectivity index (χ2v) is 4.74. The Kier molecular flexibility index (Phi) is 3.99. The van der Waals surface area contributed by atoms with Gasteiger partial charge >= 0.3 is 0 Å². The topological polar surface area (TPSA) is 65.5 Å². The van der Waals surface area contributed by atoms with E-state index in [1.165, 1.54) is 0 Å². The second kappa shape index (κ2) is 5.69. The van der Waals surface area contributed by atoms with E-state index in [0.717, 1.165) is 6.42 Å². The van der Waals surface area contributed by atoms with Crippen molar-refractivity contribution < 1.29 is 9.59 Å². The number of anilines is 2. The molecule has 19 heavy (non-hydrogen) atoms. The minimum absolute atomic E-state index is 0.0502. The van der Waals surface area contributed by atoms with Crippen molar-refractivity contribution in [3.8, 4) is 0 Å². The number of nitrogens with one attached hydrogen (secondary N) is 1. The highest BCUT2D eigenvalue weighted by Crippen LogP contribution is 2.20. The molecule has 0 saturated carbocycles. The predicted octanol–water partition coefficient (Wildman–Crippen LogP) is 0.708. The maximum Gasteiger partial charge on any atom is 0.244 e. The number of aromatic nitrogens is 1. The zero-order valence-electron chi connectivity index (χ0n) is 11.2. The van der Waals surface area contributed by atoms with E-state index in [1.54, 1.807) is 23.2 Å². The Morgan fingerprint density at radius 2 is 2.32 bits per heavy atom. The first kappa shape index (κ1) is 13.3. The number of likely N-dealkylation sites (tertiary alicyclic amines) is 1. The Balaban J connectivity index is 2.01. The summed E-state index contributed by atoms with van der Waals surface area (Å²) in [7, 11) is 3.73. The monoisotopic (exact) mass is 262 g/mol. The molecule has 1 saturated heterocycles. The van der Waals surface area contributed by atoms with E-state index >= 15 is 0 Å². The maximum atomic E-state index is 11.9. The van der Waals surface area contributed by atoms with Gasteiger partial charge in [-0.1, -0.05) is 0 Å². The van der Waals surface area contributed by atoms with Gasteiger partial charge in [-0.05, 0) is 18.6 Å². The molecule has 1 aliphatic rings. The van der Waals surface area contributed by atoms with Crippen LogP contribution in [0, 0.1) is 0 Å². The molecule has 2 amide bonds. The fourth-order valence-corrected chi connectivity index (χ4v) is 2.09. The van der Waals surface area contributed by atoms with Gasteiger partial charge in [0, 0.05) is 33.3 Å². The maximum absolute atomic E-state index is 11.9. The summed E-state index contributed by atoms with van der Waals surface area (Å²) < 4.78 is 0. The summed E-state index contributed by atoms with van der Waals surface area (Å²) in [6.07, 6.45) is 3.06. The lowest BCUT2D eigenvalue weighted by atomic mass is 10.3. The van der Waals surface area contributed by atoms with Crippen LogP contribution in [0.5, 0.6) is 0 Å². The molecule has 0 unspecified atom stereocenters. The molecule has 1 aromatic heterocycles. The molecule has 0 aliphatic carbocycles. The molecule has 0 radical (unpaired) electrons. The van der Waals surface area contributed by atoms with E-state index in [1.807, 2.05) is 19.0 Å². The summed E-state index contributed by atoms with van der Waals surface area (Å²) >= 11 is 0. The molecule has 1 fully saturated rings. The van der Waals surface area contributed by atoms with Gasteiger partial charge in [-0.2, -0.15) is 0 Å². The molecule has 6 heteroatoms. The van der Waals surface area contributed by atoms with E-state index in [9.17, 15) is 9.59 Å². The molecule has 1 aliphatic heterocycles. The van der Waals surface area contributed by atoms with Crippen LogP contribution in [0.15, 0.2) is 18.3 Å². The molecule has 0 spiro atoms. The van der Waals surface area contributed by atoms with Crippen molar-refractivity contribution in [1.29, 1.82) is 0 Å². The van der Waals surface area contributed by atoms with Gasteiger partial charge in [-0.15, -0.1) is 0 Å². The van der Waals surface area contributed by atoms with Crippen LogP contribution in [-0.2, 0) is 9.59 Å². The van der Waals surface area contributed by atoms with Gasteiger partial charge in [0.05, 0.1) is 12.2 Å². The van der Waals surface area contributed by atoms with Gasteiger partial charge in [0.1, 0.15) is 0 Å². The summed E-state index contributed by atoms with van der Waals surface area (Å²) in [6, 6.07) is 3.57. The highest BCUT2D eigenvalue weighted by molar-refractivity contribution is 5.96. The lowest BCUT2D eigenvalue weighted by molar-refractivity contribution is -0.131. The largest absolute Gasteiger partial charge is 0.361 e. The fourth-order valence-electron chi connectivity index (χ4n) is 2.09. The first-order chi connectivity index (χ1) is 9.08. The number of hydrogen-bond donors (Lipinski definition) is 1. The van der Waals surface area contributed by atoms with Gasteiger partial charge < -0.3 is 15.1 Å². The van der Waals surface area contributed by atoms with Crippen LogP contribution in [0.25, 0.3) is 0 Å². The molecule has 102 valence electrons. The molecule has 6 nitrogen and oxygen atoms in total. The van der Waals surface area contributed by atoms with Crippen molar-refractivity contribution in [2.45, 2.75) is 12.8 Å². The normalized spacial score (nSPS) is 14.6. The van der Waals surface area contributed by atoms with Gasteiger partial charge in [-0.25, -0.2) is 4.98 Å². The lowest BCUT2D eigenvalue weighted by Gasteiger charge is -2.18. The van der Waals surface area contributed by atoms with Crippen LogP contribution in [0.4, 0.5) is 11.5 Å². The Labute approximate surface area is 112 Å². The van der Waals surface area contributed by atoms with E-state index in [4.69, 9.17) is 0 Å². The standard InChI is InChI=1S/C13H18N4O2/c1-16(2)13-10(5-3-7-14-13)15-11(18)9-17-8-4-6-12(17)19/h3,5,7H,4,6,8-9H2,1-2H3,(H,15,18). The average molecular weight is 262 g/mol. The Bertz CT molecular complexity index is 487. The third-order valence-corrected chi connectivity index (χ3v) is 2.99. The summed E-state index contributed by atoms with van der Waals surface area (Å²) in [5.74, 6) is 0.559. The van der Waals surface area contributed by atoms with Crippen LogP contribution in [0.1, 0.15) is 12.8 Å². The van der Waals surface area contributed by atoms with Crippen LogP contribution in [-0.4, -0.2) is 48.9 Å². The Morgan fingerprint density at radius 3 is 2.95 bits per heavy atom. The zero-order chi connectivity index (χ0) is 13.8. The van der Waals surface area contributed by atoms with Gasteiger partial charge in [-0.3, -0.25) is 9.59 Å². The molecular weight excluding hydrogens is 244 g/mol. The Morgan fingerprint density at radius 1 is 1.53 bits per heavy atom. The summed E-state index contributed by atoms with van der Waals surface area (Å²) in [4.78, 5) is 31.0. The molecule has 2 heterocycles. The predicted molar refractivity (Wildman–Crippen MR) is 73.0 cm³/mol. The van der Waals surface area contributed by atoms with Crippen molar-refractivity contribution in [2.24, 2.45) is 0 Å². The summed E-state index contributed by atoms with van der Waals surface area (Å²) in [6.45, 7) is 0.778. The highest BCUT2D eigenvalue weighted by Gasteiger charge is 2.22. The molecule has 0 aromatic carbocycles. The number of amides is 2. The van der Waals surface area contributed by atoms with Crippen LogP contribution in [0.3, 0.4) is 0 Å². The Hall–Kier alpha value is -2.11. The van der Waals surface area contributed by atoms with E-state index in [2.05, 4.69) is 10.3 Å². The SMILES string of the molecule is CN(C)c1ncccc1NC(=O)CN1CCCC1=O. The third-order valence-electron chi connectivity index (χ3n) is 2.99. The molecule has 1 aromatic rings. The second-order valence-electron chi connectivity index (χ2n) is 4.74. The van der Waals surface area contributed by atoms with Gasteiger partial charge in [0.15, 0.2) is 5.82 Å². The number of carbonyl (C=O) groups excluding carboxylic acids is 2. The van der Waals surface area contributed by atoms with Crippen LogP contribution in [0.2, 0.25) is 0 Å². The number of pyridine rings is 1. The molecule has 0 atom stereocenters. The van der Waals surface area contributed by atoms with Gasteiger partial charge in [0.25, 0.3) is 0 Å². The highest BCUT2D eigenvalue weighted by atomic mass is 16.2. The van der Waals surface area contributed by atoms with E-state index < -0.39 is 0 Å². The molecule has 0 bridgehead atoms. The quantitative estimate of drug-likeness (QED) is 0.868. The first-order valence-corrected chi connectivity index (χ1v) is 6.28. The molecule has 1 N–H and O–H groups in total. The van der Waals surface area contributed by atoms with E-state index in [0.29, 0.717) is 24.5 Å². The average Bonchev–Trinajstić information content (AvgIpc) is 2.75. The minimum atomic E-state index is -0.189. The summed E-state index contributed by atoms with van der Waals surface area (Å²) in [5, 5.41) is 2.80. The van der Waals surface area contributed by atoms with Crippen molar-refractivity contribution in [2.75, 3.05) is 37.4 Å². The lowest BCUT2D eigenvalue weighted by Crippen LogP contribution is -2.34. The minimum Gasteiger partial charge on any atom is -0.361 e. The molecule has 2 rings (SSSR count). The number of nitrogens with zero attached hydrogens (tertiary/aromatic N) is 3. The van der Waals surface area contributed by atoms with Crippen LogP contribution < -0.4 is 10.2 Å². The number of rotatable bonds is 4. The zero-order valence-corrected chi connectivity index (χ0v) is 11.2.